The van der Waals surface area contributed by atoms with Gasteiger partial charge in [-0.1, -0.05) is 43.2 Å². The Balaban J connectivity index is 2.03. The van der Waals surface area contributed by atoms with E-state index in [1.165, 1.54) is 0 Å². The van der Waals surface area contributed by atoms with Gasteiger partial charge < -0.3 is 10.0 Å². The molecule has 0 aliphatic heterocycles. The van der Waals surface area contributed by atoms with Gasteiger partial charge in [-0.2, -0.15) is 0 Å². The Morgan fingerprint density at radius 1 is 1.15 bits per heavy atom. The standard InChI is InChI=1S/C16H21NO3/c1-17(11-12-7-3-2-4-8-12)15(18)13-9-5-6-10-14(13)16(19)20/h2-4,7-8,13-14H,5-6,9-11H2,1H3,(H,19,20)/t13-,14+/m1/s1. The minimum Gasteiger partial charge on any atom is -0.481 e. The molecule has 0 spiro atoms. The first-order valence-electron chi connectivity index (χ1n) is 7.11. The fourth-order valence-electron chi connectivity index (χ4n) is 2.94. The zero-order valence-corrected chi connectivity index (χ0v) is 11.8. The second-order valence-corrected chi connectivity index (χ2v) is 5.52. The zero-order chi connectivity index (χ0) is 14.5. The highest BCUT2D eigenvalue weighted by Gasteiger charge is 2.36. The van der Waals surface area contributed by atoms with Crippen molar-refractivity contribution in [2.45, 2.75) is 32.2 Å². The molecule has 108 valence electrons. The molecule has 1 aliphatic rings. The molecular weight excluding hydrogens is 254 g/mol. The van der Waals surface area contributed by atoms with E-state index in [4.69, 9.17) is 0 Å². The van der Waals surface area contributed by atoms with E-state index in [1.54, 1.807) is 11.9 Å². The second-order valence-electron chi connectivity index (χ2n) is 5.52. The summed E-state index contributed by atoms with van der Waals surface area (Å²) in [5.74, 6) is -1.76. The molecule has 2 atom stereocenters. The van der Waals surface area contributed by atoms with E-state index in [9.17, 15) is 14.7 Å². The Labute approximate surface area is 119 Å². The number of aliphatic carboxylic acids is 1. The highest BCUT2D eigenvalue weighted by Crippen LogP contribution is 2.31. The largest absolute Gasteiger partial charge is 0.481 e. The smallest absolute Gasteiger partial charge is 0.307 e. The van der Waals surface area contributed by atoms with Gasteiger partial charge in [0.1, 0.15) is 0 Å². The van der Waals surface area contributed by atoms with Gasteiger partial charge in [0.25, 0.3) is 0 Å². The average molecular weight is 275 g/mol. The molecular formula is C16H21NO3. The van der Waals surface area contributed by atoms with Crippen molar-refractivity contribution < 1.29 is 14.7 Å². The maximum absolute atomic E-state index is 12.5. The summed E-state index contributed by atoms with van der Waals surface area (Å²) in [6, 6.07) is 9.76. The van der Waals surface area contributed by atoms with Crippen LogP contribution in [0.5, 0.6) is 0 Å². The normalized spacial score (nSPS) is 22.2. The maximum Gasteiger partial charge on any atom is 0.307 e. The molecule has 4 heteroatoms. The molecule has 0 bridgehead atoms. The summed E-state index contributed by atoms with van der Waals surface area (Å²) in [5.41, 5.74) is 1.06. The first-order chi connectivity index (χ1) is 9.59. The number of benzene rings is 1. The number of hydrogen-bond donors (Lipinski definition) is 1. The third-order valence-corrected chi connectivity index (χ3v) is 4.04. The van der Waals surface area contributed by atoms with Crippen molar-refractivity contribution in [1.29, 1.82) is 0 Å². The van der Waals surface area contributed by atoms with E-state index in [1.807, 2.05) is 30.3 Å². The van der Waals surface area contributed by atoms with Crippen molar-refractivity contribution in [2.24, 2.45) is 11.8 Å². The summed E-state index contributed by atoms with van der Waals surface area (Å²) in [6.07, 6.45) is 3.16. The molecule has 0 radical (unpaired) electrons. The number of amides is 1. The third-order valence-electron chi connectivity index (χ3n) is 4.04. The summed E-state index contributed by atoms with van der Waals surface area (Å²) >= 11 is 0. The molecule has 1 aromatic carbocycles. The molecule has 1 fully saturated rings. The van der Waals surface area contributed by atoms with E-state index >= 15 is 0 Å². The molecule has 0 aromatic heterocycles. The van der Waals surface area contributed by atoms with Gasteiger partial charge in [-0.3, -0.25) is 9.59 Å². The topological polar surface area (TPSA) is 57.6 Å². The Bertz CT molecular complexity index is 472. The Morgan fingerprint density at radius 3 is 2.35 bits per heavy atom. The Hall–Kier alpha value is -1.84. The van der Waals surface area contributed by atoms with Crippen molar-refractivity contribution >= 4 is 11.9 Å². The van der Waals surface area contributed by atoms with Crippen LogP contribution in [0.2, 0.25) is 0 Å². The molecule has 4 nitrogen and oxygen atoms in total. The number of rotatable bonds is 4. The highest BCUT2D eigenvalue weighted by molar-refractivity contribution is 5.84. The predicted molar refractivity (Wildman–Crippen MR) is 76.0 cm³/mol. The Kier molecular flexibility index (Phi) is 4.77. The number of nitrogens with zero attached hydrogens (tertiary/aromatic N) is 1. The van der Waals surface area contributed by atoms with Crippen LogP contribution in [0.15, 0.2) is 30.3 Å². The van der Waals surface area contributed by atoms with Gasteiger partial charge in [-0.25, -0.2) is 0 Å². The van der Waals surface area contributed by atoms with Crippen LogP contribution in [0.3, 0.4) is 0 Å². The zero-order valence-electron chi connectivity index (χ0n) is 11.8. The molecule has 0 saturated heterocycles. The molecule has 1 aromatic rings. The summed E-state index contributed by atoms with van der Waals surface area (Å²) in [7, 11) is 1.75. The van der Waals surface area contributed by atoms with E-state index in [0.717, 1.165) is 18.4 Å². The lowest BCUT2D eigenvalue weighted by Crippen LogP contribution is -2.40. The minimum atomic E-state index is -0.837. The lowest BCUT2D eigenvalue weighted by Gasteiger charge is -2.31. The van der Waals surface area contributed by atoms with E-state index < -0.39 is 11.9 Å². The van der Waals surface area contributed by atoms with Gasteiger partial charge in [0.05, 0.1) is 11.8 Å². The number of carboxylic acids is 1. The van der Waals surface area contributed by atoms with Crippen LogP contribution in [-0.2, 0) is 16.1 Å². The number of hydrogen-bond acceptors (Lipinski definition) is 2. The van der Waals surface area contributed by atoms with E-state index in [0.29, 0.717) is 19.4 Å². The van der Waals surface area contributed by atoms with Crippen molar-refractivity contribution in [1.82, 2.24) is 4.90 Å². The number of carboxylic acid groups (broad SMARTS) is 1. The van der Waals surface area contributed by atoms with Crippen LogP contribution in [0, 0.1) is 11.8 Å². The van der Waals surface area contributed by atoms with Gasteiger partial charge in [0, 0.05) is 13.6 Å². The van der Waals surface area contributed by atoms with Gasteiger partial charge in [-0.05, 0) is 18.4 Å². The van der Waals surface area contributed by atoms with Crippen molar-refractivity contribution in [2.75, 3.05) is 7.05 Å². The fraction of sp³-hybridized carbons (Fsp3) is 0.500. The predicted octanol–water partition coefficient (Wildman–Crippen LogP) is 2.54. The highest BCUT2D eigenvalue weighted by atomic mass is 16.4. The van der Waals surface area contributed by atoms with Crippen LogP contribution in [-0.4, -0.2) is 28.9 Å². The van der Waals surface area contributed by atoms with Crippen molar-refractivity contribution in [3.05, 3.63) is 35.9 Å². The monoisotopic (exact) mass is 275 g/mol. The van der Waals surface area contributed by atoms with Crippen molar-refractivity contribution in [3.8, 4) is 0 Å². The SMILES string of the molecule is CN(Cc1ccccc1)C(=O)[C@@H]1CCCC[C@@H]1C(=O)O. The van der Waals surface area contributed by atoms with Crippen LogP contribution < -0.4 is 0 Å². The quantitative estimate of drug-likeness (QED) is 0.918. The van der Waals surface area contributed by atoms with Crippen LogP contribution >= 0.6 is 0 Å². The molecule has 0 unspecified atom stereocenters. The Morgan fingerprint density at radius 2 is 1.75 bits per heavy atom. The first kappa shape index (κ1) is 14.6. The number of carbonyl (C=O) groups is 2. The number of carbonyl (C=O) groups excluding carboxylic acids is 1. The average Bonchev–Trinajstić information content (AvgIpc) is 2.47. The van der Waals surface area contributed by atoms with Gasteiger partial charge in [0.2, 0.25) is 5.91 Å². The summed E-state index contributed by atoms with van der Waals surface area (Å²) in [6.45, 7) is 0.530. The van der Waals surface area contributed by atoms with E-state index in [2.05, 4.69) is 0 Å². The van der Waals surface area contributed by atoms with Crippen LogP contribution in [0.4, 0.5) is 0 Å². The molecule has 1 saturated carbocycles. The molecule has 1 N–H and O–H groups in total. The summed E-state index contributed by atoms with van der Waals surface area (Å²) in [5, 5.41) is 9.26. The summed E-state index contributed by atoms with van der Waals surface area (Å²) in [4.78, 5) is 25.4. The fourth-order valence-corrected chi connectivity index (χ4v) is 2.94. The minimum absolute atomic E-state index is 0.0408. The van der Waals surface area contributed by atoms with Crippen LogP contribution in [0.25, 0.3) is 0 Å². The summed E-state index contributed by atoms with van der Waals surface area (Å²) < 4.78 is 0. The third kappa shape index (κ3) is 3.38. The van der Waals surface area contributed by atoms with Gasteiger partial charge in [-0.15, -0.1) is 0 Å². The van der Waals surface area contributed by atoms with Crippen molar-refractivity contribution in [3.63, 3.8) is 0 Å². The molecule has 0 heterocycles. The van der Waals surface area contributed by atoms with Gasteiger partial charge in [0.15, 0.2) is 0 Å². The van der Waals surface area contributed by atoms with Crippen LogP contribution in [0.1, 0.15) is 31.2 Å². The first-order valence-corrected chi connectivity index (χ1v) is 7.11. The molecule has 2 rings (SSSR count). The maximum atomic E-state index is 12.5. The molecule has 1 aliphatic carbocycles. The lowest BCUT2D eigenvalue weighted by atomic mass is 9.78. The molecule has 1 amide bonds. The van der Waals surface area contributed by atoms with Gasteiger partial charge >= 0.3 is 5.97 Å². The van der Waals surface area contributed by atoms with E-state index in [-0.39, 0.29) is 11.8 Å². The second kappa shape index (κ2) is 6.55. The molecule has 20 heavy (non-hydrogen) atoms. The lowest BCUT2D eigenvalue weighted by molar-refractivity contribution is -0.152.